The molecule has 1 aromatic rings. The molecule has 0 saturated heterocycles. The standard InChI is InChI=1S/C12H12Cl2O2/c1-8(2)16-10-5-3-4-9(12(10)14)6-7-11(13)15/h3-8H,1-2H3/b7-6+. The van der Waals surface area contributed by atoms with E-state index in [9.17, 15) is 4.79 Å². The maximum atomic E-state index is 10.6. The highest BCUT2D eigenvalue weighted by Crippen LogP contribution is 2.29. The van der Waals surface area contributed by atoms with E-state index in [4.69, 9.17) is 27.9 Å². The van der Waals surface area contributed by atoms with Gasteiger partial charge < -0.3 is 4.74 Å². The van der Waals surface area contributed by atoms with Gasteiger partial charge in [0.05, 0.1) is 11.1 Å². The van der Waals surface area contributed by atoms with Crippen LogP contribution in [0.1, 0.15) is 19.4 Å². The van der Waals surface area contributed by atoms with Gasteiger partial charge in [-0.2, -0.15) is 0 Å². The SMILES string of the molecule is CC(C)Oc1cccc(/C=C/C(=O)Cl)c1Cl. The summed E-state index contributed by atoms with van der Waals surface area (Å²) in [6.07, 6.45) is 2.86. The van der Waals surface area contributed by atoms with Crippen molar-refractivity contribution in [3.8, 4) is 5.75 Å². The van der Waals surface area contributed by atoms with Crippen LogP contribution in [0, 0.1) is 0 Å². The van der Waals surface area contributed by atoms with Gasteiger partial charge in [-0.05, 0) is 49.2 Å². The number of rotatable bonds is 4. The minimum Gasteiger partial charge on any atom is -0.489 e. The summed E-state index contributed by atoms with van der Waals surface area (Å²) in [5.41, 5.74) is 0.703. The summed E-state index contributed by atoms with van der Waals surface area (Å²) in [5, 5.41) is -0.0587. The van der Waals surface area contributed by atoms with E-state index in [1.54, 1.807) is 18.2 Å². The van der Waals surface area contributed by atoms with Gasteiger partial charge in [-0.25, -0.2) is 0 Å². The van der Waals surface area contributed by atoms with Crippen LogP contribution in [0.2, 0.25) is 5.02 Å². The molecule has 0 N–H and O–H groups in total. The third-order valence-corrected chi connectivity index (χ3v) is 2.28. The van der Waals surface area contributed by atoms with Crippen molar-refractivity contribution < 1.29 is 9.53 Å². The van der Waals surface area contributed by atoms with Crippen LogP contribution in [0.4, 0.5) is 0 Å². The Kier molecular flexibility index (Phi) is 4.84. The van der Waals surface area contributed by atoms with Gasteiger partial charge in [0.1, 0.15) is 5.75 Å². The minimum atomic E-state index is -0.536. The number of hydrogen-bond acceptors (Lipinski definition) is 2. The molecule has 0 aliphatic carbocycles. The number of ether oxygens (including phenoxy) is 1. The Morgan fingerprint density at radius 1 is 1.44 bits per heavy atom. The van der Waals surface area contributed by atoms with E-state index in [1.165, 1.54) is 6.08 Å². The van der Waals surface area contributed by atoms with Crippen molar-refractivity contribution in [1.29, 1.82) is 0 Å². The molecule has 0 aliphatic rings. The molecule has 2 nitrogen and oxygen atoms in total. The lowest BCUT2D eigenvalue weighted by Gasteiger charge is -2.12. The predicted molar refractivity (Wildman–Crippen MR) is 67.1 cm³/mol. The van der Waals surface area contributed by atoms with Gasteiger partial charge in [-0.15, -0.1) is 0 Å². The molecule has 0 amide bonds. The third kappa shape index (κ3) is 3.87. The topological polar surface area (TPSA) is 26.3 Å². The fourth-order valence-corrected chi connectivity index (χ4v) is 1.45. The first kappa shape index (κ1) is 13.1. The molecule has 16 heavy (non-hydrogen) atoms. The second-order valence-corrected chi connectivity index (χ2v) is 4.21. The second kappa shape index (κ2) is 5.92. The quantitative estimate of drug-likeness (QED) is 0.605. The smallest absolute Gasteiger partial charge is 0.245 e. The van der Waals surface area contributed by atoms with Gasteiger partial charge in [0.25, 0.3) is 0 Å². The fraction of sp³-hybridized carbons (Fsp3) is 0.250. The normalized spacial score (nSPS) is 11.1. The van der Waals surface area contributed by atoms with Crippen molar-refractivity contribution in [1.82, 2.24) is 0 Å². The van der Waals surface area contributed by atoms with Crippen LogP contribution in [-0.4, -0.2) is 11.3 Å². The lowest BCUT2D eigenvalue weighted by molar-refractivity contribution is -0.107. The molecule has 0 aromatic heterocycles. The number of allylic oxidation sites excluding steroid dienone is 1. The van der Waals surface area contributed by atoms with Gasteiger partial charge in [0.15, 0.2) is 0 Å². The predicted octanol–water partition coefficient (Wildman–Crippen LogP) is 3.91. The van der Waals surface area contributed by atoms with E-state index in [1.807, 2.05) is 19.9 Å². The molecule has 1 aromatic carbocycles. The maximum Gasteiger partial charge on any atom is 0.245 e. The number of carbonyl (C=O) groups excluding carboxylic acids is 1. The largest absolute Gasteiger partial charge is 0.489 e. The number of hydrogen-bond donors (Lipinski definition) is 0. The Morgan fingerprint density at radius 2 is 2.12 bits per heavy atom. The summed E-state index contributed by atoms with van der Waals surface area (Å²) in [5.74, 6) is 0.598. The van der Waals surface area contributed by atoms with E-state index < -0.39 is 5.24 Å². The Labute approximate surface area is 105 Å². The van der Waals surface area contributed by atoms with E-state index in [0.29, 0.717) is 16.3 Å². The van der Waals surface area contributed by atoms with Crippen LogP contribution in [0.3, 0.4) is 0 Å². The average molecular weight is 259 g/mol. The van der Waals surface area contributed by atoms with E-state index in [2.05, 4.69) is 0 Å². The molecule has 0 aliphatic heterocycles. The first-order valence-electron chi connectivity index (χ1n) is 4.83. The van der Waals surface area contributed by atoms with Crippen LogP contribution < -0.4 is 4.74 Å². The average Bonchev–Trinajstić information content (AvgIpc) is 2.18. The molecule has 0 saturated carbocycles. The van der Waals surface area contributed by atoms with Crippen molar-refractivity contribution in [3.05, 3.63) is 34.9 Å². The van der Waals surface area contributed by atoms with Gasteiger partial charge in [-0.1, -0.05) is 23.7 Å². The first-order valence-corrected chi connectivity index (χ1v) is 5.59. The highest BCUT2D eigenvalue weighted by molar-refractivity contribution is 6.66. The molecule has 0 unspecified atom stereocenters. The molecule has 0 heterocycles. The minimum absolute atomic E-state index is 0.0476. The lowest BCUT2D eigenvalue weighted by atomic mass is 10.2. The Morgan fingerprint density at radius 3 is 2.69 bits per heavy atom. The molecule has 0 atom stereocenters. The number of benzene rings is 1. The van der Waals surface area contributed by atoms with Crippen LogP contribution in [0.25, 0.3) is 6.08 Å². The van der Waals surface area contributed by atoms with Crippen LogP contribution in [0.15, 0.2) is 24.3 Å². The van der Waals surface area contributed by atoms with Crippen LogP contribution >= 0.6 is 23.2 Å². The van der Waals surface area contributed by atoms with Crippen molar-refractivity contribution in [2.24, 2.45) is 0 Å². The lowest BCUT2D eigenvalue weighted by Crippen LogP contribution is -2.06. The zero-order valence-electron chi connectivity index (χ0n) is 9.04. The Bertz CT molecular complexity index is 411. The monoisotopic (exact) mass is 258 g/mol. The van der Waals surface area contributed by atoms with Crippen molar-refractivity contribution >= 4 is 34.5 Å². The molecular formula is C12H12Cl2O2. The second-order valence-electron chi connectivity index (χ2n) is 3.46. The molecular weight excluding hydrogens is 247 g/mol. The molecule has 0 bridgehead atoms. The first-order chi connectivity index (χ1) is 7.50. The van der Waals surface area contributed by atoms with Gasteiger partial charge >= 0.3 is 0 Å². The summed E-state index contributed by atoms with van der Waals surface area (Å²) in [7, 11) is 0. The van der Waals surface area contributed by atoms with Crippen molar-refractivity contribution in [3.63, 3.8) is 0 Å². The highest BCUT2D eigenvalue weighted by atomic mass is 35.5. The van der Waals surface area contributed by atoms with E-state index in [0.717, 1.165) is 0 Å². The molecule has 0 radical (unpaired) electrons. The van der Waals surface area contributed by atoms with Crippen molar-refractivity contribution in [2.75, 3.05) is 0 Å². The number of halogens is 2. The Hall–Kier alpha value is -0.990. The van der Waals surface area contributed by atoms with Crippen LogP contribution in [0.5, 0.6) is 5.75 Å². The van der Waals surface area contributed by atoms with Crippen LogP contribution in [-0.2, 0) is 4.79 Å². The highest BCUT2D eigenvalue weighted by Gasteiger charge is 2.06. The zero-order chi connectivity index (χ0) is 12.1. The Balaban J connectivity index is 2.99. The van der Waals surface area contributed by atoms with Gasteiger partial charge in [0.2, 0.25) is 5.24 Å². The molecule has 86 valence electrons. The zero-order valence-corrected chi connectivity index (χ0v) is 10.5. The summed E-state index contributed by atoms with van der Waals surface area (Å²) >= 11 is 11.3. The van der Waals surface area contributed by atoms with Gasteiger partial charge in [-0.3, -0.25) is 4.79 Å². The number of carbonyl (C=O) groups is 1. The fourth-order valence-electron chi connectivity index (χ4n) is 1.16. The molecule has 4 heteroatoms. The third-order valence-electron chi connectivity index (χ3n) is 1.75. The maximum absolute atomic E-state index is 10.6. The van der Waals surface area contributed by atoms with Gasteiger partial charge in [0, 0.05) is 0 Å². The summed E-state index contributed by atoms with van der Waals surface area (Å²) in [4.78, 5) is 10.6. The molecule has 0 spiro atoms. The summed E-state index contributed by atoms with van der Waals surface area (Å²) in [6.45, 7) is 3.84. The van der Waals surface area contributed by atoms with E-state index in [-0.39, 0.29) is 6.10 Å². The molecule has 1 rings (SSSR count). The summed E-state index contributed by atoms with van der Waals surface area (Å²) < 4.78 is 5.51. The van der Waals surface area contributed by atoms with E-state index >= 15 is 0 Å². The molecule has 0 fully saturated rings. The van der Waals surface area contributed by atoms with Crippen molar-refractivity contribution in [2.45, 2.75) is 20.0 Å². The summed E-state index contributed by atoms with van der Waals surface area (Å²) in [6, 6.07) is 5.37.